The maximum Gasteiger partial charge on any atom is 0.416 e. The summed E-state index contributed by atoms with van der Waals surface area (Å²) < 4.78 is 85.3. The summed E-state index contributed by atoms with van der Waals surface area (Å²) in [5.41, 5.74) is 7.98. The number of fused-ring (bicyclic) bond motifs is 2. The van der Waals surface area contributed by atoms with Gasteiger partial charge in [-0.05, 0) is 24.3 Å². The summed E-state index contributed by atoms with van der Waals surface area (Å²) in [5, 5.41) is -2.36. The lowest BCUT2D eigenvalue weighted by atomic mass is 9.87. The summed E-state index contributed by atoms with van der Waals surface area (Å²) in [7, 11) is 0. The highest BCUT2D eigenvalue weighted by Gasteiger charge is 2.76. The zero-order valence-electron chi connectivity index (χ0n) is 14.1. The summed E-state index contributed by atoms with van der Waals surface area (Å²) in [6.07, 6.45) is -9.66. The van der Waals surface area contributed by atoms with Crippen molar-refractivity contribution in [1.82, 2.24) is 9.97 Å². The molecule has 4 nitrogen and oxygen atoms in total. The van der Waals surface area contributed by atoms with Crippen molar-refractivity contribution in [3.63, 3.8) is 0 Å². The van der Waals surface area contributed by atoms with E-state index in [2.05, 4.69) is 9.97 Å². The molecule has 4 N–H and O–H groups in total. The Morgan fingerprint density at radius 3 is 1.38 bits per heavy atom. The largest absolute Gasteiger partial charge is 0.416 e. The Kier molecular flexibility index (Phi) is 4.21. The molecule has 0 fully saturated rings. The van der Waals surface area contributed by atoms with Gasteiger partial charge in [-0.25, -0.2) is 9.97 Å². The van der Waals surface area contributed by atoms with Gasteiger partial charge in [-0.15, -0.1) is 22.7 Å². The Morgan fingerprint density at radius 1 is 0.655 bits per heavy atom. The topological polar surface area (TPSA) is 77.8 Å². The van der Waals surface area contributed by atoms with Crippen LogP contribution in [0.4, 0.5) is 37.7 Å². The molecule has 4 aliphatic rings. The minimum Gasteiger partial charge on any atom is -0.398 e. The van der Waals surface area contributed by atoms with Crippen LogP contribution < -0.4 is 11.5 Å². The van der Waals surface area contributed by atoms with E-state index < -0.39 is 27.8 Å². The third-order valence-corrected chi connectivity index (χ3v) is 6.87. The predicted octanol–water partition coefficient (Wildman–Crippen LogP) is 5.38. The first kappa shape index (κ1) is 19.7. The van der Waals surface area contributed by atoms with E-state index in [1.165, 1.54) is 24.3 Å². The van der Waals surface area contributed by atoms with E-state index in [1.807, 2.05) is 0 Å². The number of alkyl halides is 6. The molecular formula is C17H10F6N4S2. The normalized spacial score (nSPS) is 13.4. The minimum absolute atomic E-state index is 0.161. The molecule has 0 aromatic heterocycles. The number of rotatable bonds is 2. The van der Waals surface area contributed by atoms with Gasteiger partial charge in [0.15, 0.2) is 0 Å². The highest BCUT2D eigenvalue weighted by atomic mass is 32.1. The number of hydrogen-bond acceptors (Lipinski definition) is 6. The third kappa shape index (κ3) is 2.73. The Bertz CT molecular complexity index is 1040. The van der Waals surface area contributed by atoms with Crippen molar-refractivity contribution < 1.29 is 26.3 Å². The Hall–Kier alpha value is -2.60. The van der Waals surface area contributed by atoms with Crippen LogP contribution in [-0.4, -0.2) is 22.3 Å². The number of hydrogen-bond donors (Lipinski definition) is 2. The van der Waals surface area contributed by atoms with Crippen LogP contribution in [0.2, 0.25) is 0 Å². The molecule has 2 aliphatic heterocycles. The highest BCUT2D eigenvalue weighted by Crippen LogP contribution is 2.58. The lowest BCUT2D eigenvalue weighted by Crippen LogP contribution is -2.55. The molecule has 0 aromatic rings. The third-order valence-electron chi connectivity index (χ3n) is 4.51. The van der Waals surface area contributed by atoms with Crippen molar-refractivity contribution in [2.75, 3.05) is 11.5 Å². The SMILES string of the molecule is Nc1ccc2sc(C(c3ncc4c(N)ccc-4s3)(C(F)(F)F)C(F)(F)F)ncc1-2. The lowest BCUT2D eigenvalue weighted by molar-refractivity contribution is -0.288. The van der Waals surface area contributed by atoms with Crippen LogP contribution in [-0.2, 0) is 5.41 Å². The van der Waals surface area contributed by atoms with E-state index in [-0.39, 0.29) is 54.9 Å². The molecule has 0 spiro atoms. The number of nitrogens with zero attached hydrogens (tertiary/aromatic N) is 2. The van der Waals surface area contributed by atoms with E-state index in [1.54, 1.807) is 0 Å². The molecule has 0 amide bonds. The van der Waals surface area contributed by atoms with Crippen molar-refractivity contribution in [3.8, 4) is 20.9 Å². The van der Waals surface area contributed by atoms with Gasteiger partial charge in [-0.3, -0.25) is 0 Å². The van der Waals surface area contributed by atoms with Gasteiger partial charge in [0, 0.05) is 44.6 Å². The molecule has 0 unspecified atom stereocenters. The molecule has 2 heterocycles. The van der Waals surface area contributed by atoms with Gasteiger partial charge >= 0.3 is 12.4 Å². The monoisotopic (exact) mass is 448 g/mol. The molecule has 0 radical (unpaired) electrons. The van der Waals surface area contributed by atoms with Gasteiger partial charge in [-0.1, -0.05) is 0 Å². The first-order valence-corrected chi connectivity index (χ1v) is 9.52. The Balaban J connectivity index is 2.08. The van der Waals surface area contributed by atoms with E-state index >= 15 is 0 Å². The quantitative estimate of drug-likeness (QED) is 0.404. The molecule has 152 valence electrons. The van der Waals surface area contributed by atoms with Gasteiger partial charge < -0.3 is 11.5 Å². The van der Waals surface area contributed by atoms with Crippen LogP contribution in [0.5, 0.6) is 0 Å². The molecular weight excluding hydrogens is 438 g/mol. The van der Waals surface area contributed by atoms with E-state index in [0.29, 0.717) is 0 Å². The first-order valence-electron chi connectivity index (χ1n) is 7.89. The molecule has 0 bridgehead atoms. The van der Waals surface area contributed by atoms with Gasteiger partial charge in [0.2, 0.25) is 0 Å². The number of halogens is 6. The molecule has 12 heteroatoms. The summed E-state index contributed by atoms with van der Waals surface area (Å²) >= 11 is 0.569. The fraction of sp³-hybridized carbons (Fsp3) is 0.176. The maximum absolute atomic E-state index is 14.2. The van der Waals surface area contributed by atoms with Gasteiger partial charge in [0.05, 0.1) is 0 Å². The molecule has 0 atom stereocenters. The summed E-state index contributed by atoms with van der Waals surface area (Å²) in [5.74, 6) is 0. The zero-order valence-corrected chi connectivity index (χ0v) is 15.7. The van der Waals surface area contributed by atoms with Crippen LogP contribution in [0.3, 0.4) is 0 Å². The number of anilines is 2. The van der Waals surface area contributed by atoms with Crippen molar-refractivity contribution in [1.29, 1.82) is 0 Å². The van der Waals surface area contributed by atoms with Gasteiger partial charge in [0.25, 0.3) is 5.41 Å². The lowest BCUT2D eigenvalue weighted by Gasteiger charge is -2.35. The van der Waals surface area contributed by atoms with Gasteiger partial charge in [-0.2, -0.15) is 26.3 Å². The first-order chi connectivity index (χ1) is 13.5. The van der Waals surface area contributed by atoms with Crippen molar-refractivity contribution in [2.24, 2.45) is 0 Å². The van der Waals surface area contributed by atoms with E-state index in [9.17, 15) is 26.3 Å². The fourth-order valence-electron chi connectivity index (χ4n) is 3.02. The smallest absolute Gasteiger partial charge is 0.398 e. The molecule has 0 saturated carbocycles. The standard InChI is InChI=1S/C17H10F6N4S2/c18-16(19,20)15(17(21,22)23,13-26-5-7-9(24)1-3-11(7)28-13)14-27-6-8-10(25)2-4-12(8)29-14/h1-6H,24-25H2. The van der Waals surface area contributed by atoms with Crippen molar-refractivity contribution >= 4 is 34.0 Å². The van der Waals surface area contributed by atoms with Crippen LogP contribution in [0.25, 0.3) is 20.9 Å². The van der Waals surface area contributed by atoms with Crippen LogP contribution in [0.15, 0.2) is 36.7 Å². The molecule has 2 aliphatic carbocycles. The average molecular weight is 448 g/mol. The summed E-state index contributed by atoms with van der Waals surface area (Å²) in [6, 6.07) is 5.51. The zero-order chi connectivity index (χ0) is 21.2. The molecule has 0 saturated heterocycles. The highest BCUT2D eigenvalue weighted by molar-refractivity contribution is 7.16. The van der Waals surface area contributed by atoms with Gasteiger partial charge in [0.1, 0.15) is 10.0 Å². The summed E-state index contributed by atoms with van der Waals surface area (Å²) in [6.45, 7) is 0. The van der Waals surface area contributed by atoms with E-state index in [4.69, 9.17) is 11.5 Å². The molecule has 4 rings (SSSR count). The van der Waals surface area contributed by atoms with Crippen molar-refractivity contribution in [3.05, 3.63) is 46.7 Å². The molecule has 29 heavy (non-hydrogen) atoms. The van der Waals surface area contributed by atoms with Crippen LogP contribution in [0, 0.1) is 0 Å². The number of nitrogens with two attached hydrogens (primary N) is 2. The second-order valence-electron chi connectivity index (χ2n) is 6.21. The fourth-order valence-corrected chi connectivity index (χ4v) is 5.51. The Morgan fingerprint density at radius 2 is 1.03 bits per heavy atom. The average Bonchev–Trinajstić information content (AvgIpc) is 3.16. The number of nitrogen functional groups attached to an aromatic ring is 2. The summed E-state index contributed by atoms with van der Waals surface area (Å²) in [4.78, 5) is 7.42. The number of aromatic nitrogens is 2. The maximum atomic E-state index is 14.2. The second-order valence-corrected chi connectivity index (χ2v) is 8.27. The second kappa shape index (κ2) is 6.20. The van der Waals surface area contributed by atoms with Crippen molar-refractivity contribution in [2.45, 2.75) is 17.8 Å². The van der Waals surface area contributed by atoms with Crippen LogP contribution in [0.1, 0.15) is 10.0 Å². The van der Waals surface area contributed by atoms with E-state index in [0.717, 1.165) is 12.4 Å². The molecule has 0 aromatic carbocycles. The minimum atomic E-state index is -5.75. The predicted molar refractivity (Wildman–Crippen MR) is 99.2 cm³/mol. The van der Waals surface area contributed by atoms with Crippen LogP contribution >= 0.6 is 22.7 Å². The Labute approximate surface area is 167 Å².